The van der Waals surface area contributed by atoms with E-state index in [0.29, 0.717) is 36.6 Å². The fraction of sp³-hybridized carbons (Fsp3) is 0.462. The maximum Gasteiger partial charge on any atom is 0.320 e. The molecule has 2 N–H and O–H groups in total. The smallest absolute Gasteiger partial charge is 0.320 e. The molecule has 10 heteroatoms. The van der Waals surface area contributed by atoms with E-state index in [1.165, 1.54) is 10.5 Å². The number of carboxylic acid groups (broad SMARTS) is 1. The Morgan fingerprint density at radius 1 is 1.22 bits per heavy atom. The number of hydrogen-bond acceptors (Lipinski definition) is 6. The monoisotopic (exact) mass is 493 g/mol. The maximum atomic E-state index is 13.3. The Labute approximate surface area is 209 Å². The first-order valence-electron chi connectivity index (χ1n) is 12.4. The quantitative estimate of drug-likeness (QED) is 0.581. The molecule has 5 rings (SSSR count). The maximum absolute atomic E-state index is 13.3. The average molecular weight is 494 g/mol. The lowest BCUT2D eigenvalue weighted by molar-refractivity contribution is -0.138. The van der Waals surface area contributed by atoms with Gasteiger partial charge in [0.25, 0.3) is 5.91 Å². The fourth-order valence-corrected chi connectivity index (χ4v) is 5.13. The zero-order valence-corrected chi connectivity index (χ0v) is 20.4. The van der Waals surface area contributed by atoms with Crippen molar-refractivity contribution in [1.29, 1.82) is 0 Å². The molecule has 36 heavy (non-hydrogen) atoms. The average Bonchev–Trinajstić information content (AvgIpc) is 3.24. The van der Waals surface area contributed by atoms with Crippen LogP contribution in [-0.2, 0) is 22.4 Å². The Hall–Kier alpha value is -3.82. The van der Waals surface area contributed by atoms with Crippen molar-refractivity contribution in [2.24, 2.45) is 0 Å². The summed E-state index contributed by atoms with van der Waals surface area (Å²) in [6, 6.07) is 8.69. The van der Waals surface area contributed by atoms with Crippen LogP contribution in [-0.4, -0.2) is 77.6 Å². The first-order chi connectivity index (χ1) is 17.4. The van der Waals surface area contributed by atoms with Gasteiger partial charge in [0, 0.05) is 38.9 Å². The Kier molecular flexibility index (Phi) is 6.67. The highest BCUT2D eigenvalue weighted by Crippen LogP contribution is 2.37. The van der Waals surface area contributed by atoms with Crippen molar-refractivity contribution < 1.29 is 24.2 Å². The zero-order chi connectivity index (χ0) is 25.2. The van der Waals surface area contributed by atoms with Crippen molar-refractivity contribution in [1.82, 2.24) is 14.8 Å². The number of fused-ring (bicyclic) bond motifs is 2. The van der Waals surface area contributed by atoms with E-state index in [2.05, 4.69) is 17.4 Å². The van der Waals surface area contributed by atoms with E-state index in [9.17, 15) is 19.5 Å². The van der Waals surface area contributed by atoms with Gasteiger partial charge in [-0.2, -0.15) is 0 Å². The molecule has 1 fully saturated rings. The second-order valence-corrected chi connectivity index (χ2v) is 9.49. The number of hydrogen-bond donors (Lipinski definition) is 2. The lowest BCUT2D eigenvalue weighted by atomic mass is 10.0. The summed E-state index contributed by atoms with van der Waals surface area (Å²) in [6.45, 7) is 2.47. The van der Waals surface area contributed by atoms with E-state index >= 15 is 0 Å². The summed E-state index contributed by atoms with van der Waals surface area (Å²) < 4.78 is 5.58. The number of aliphatic carboxylic acids is 1. The number of pyridine rings is 1. The second kappa shape index (κ2) is 10.0. The number of ether oxygens (including phenoxy) is 1. The third-order valence-corrected chi connectivity index (χ3v) is 7.14. The molecule has 190 valence electrons. The molecule has 4 heterocycles. The lowest BCUT2D eigenvalue weighted by Crippen LogP contribution is -2.37. The first-order valence-corrected chi connectivity index (χ1v) is 12.4. The van der Waals surface area contributed by atoms with Crippen LogP contribution in [0.3, 0.4) is 0 Å². The van der Waals surface area contributed by atoms with Gasteiger partial charge in [-0.05, 0) is 55.0 Å². The van der Waals surface area contributed by atoms with E-state index in [-0.39, 0.29) is 25.0 Å². The van der Waals surface area contributed by atoms with Gasteiger partial charge < -0.3 is 29.9 Å². The summed E-state index contributed by atoms with van der Waals surface area (Å²) in [4.78, 5) is 46.5. The molecule has 0 bridgehead atoms. The van der Waals surface area contributed by atoms with E-state index in [4.69, 9.17) is 9.72 Å². The van der Waals surface area contributed by atoms with Crippen LogP contribution in [0.2, 0.25) is 0 Å². The molecular weight excluding hydrogens is 462 g/mol. The van der Waals surface area contributed by atoms with Crippen LogP contribution in [0.4, 0.5) is 16.3 Å². The van der Waals surface area contributed by atoms with Crippen molar-refractivity contribution >= 4 is 29.4 Å². The van der Waals surface area contributed by atoms with Gasteiger partial charge in [0.05, 0.1) is 18.2 Å². The molecule has 1 aromatic heterocycles. The Morgan fingerprint density at radius 3 is 2.92 bits per heavy atom. The third-order valence-electron chi connectivity index (χ3n) is 7.14. The molecule has 0 aliphatic carbocycles. The summed E-state index contributed by atoms with van der Waals surface area (Å²) in [6.07, 6.45) is 3.52. The van der Waals surface area contributed by atoms with Crippen LogP contribution in [0.15, 0.2) is 30.3 Å². The van der Waals surface area contributed by atoms with Crippen LogP contribution in [0, 0.1) is 0 Å². The molecule has 3 aliphatic heterocycles. The minimum atomic E-state index is -0.982. The van der Waals surface area contributed by atoms with Crippen LogP contribution in [0.5, 0.6) is 5.75 Å². The predicted octanol–water partition coefficient (Wildman–Crippen LogP) is 2.68. The first kappa shape index (κ1) is 23.9. The van der Waals surface area contributed by atoms with Gasteiger partial charge in [-0.3, -0.25) is 9.59 Å². The van der Waals surface area contributed by atoms with Gasteiger partial charge in [-0.15, -0.1) is 0 Å². The molecule has 1 aromatic carbocycles. The standard InChI is InChI=1S/C26H31N5O5/c1-29-20-9-7-18(14-22(20)36-16-23(29)32)21(15-24(33)34)31-13-12-30(26(31)35)11-3-5-19-8-6-17-4-2-10-27-25(17)28-19/h6-9,14,21H,2-5,10-13,15-16H2,1H3,(H,27,28)(H,33,34)/t21-/m0/s1. The molecule has 3 aliphatic rings. The largest absolute Gasteiger partial charge is 0.482 e. The number of benzene rings is 1. The minimum Gasteiger partial charge on any atom is -0.482 e. The van der Waals surface area contributed by atoms with Crippen LogP contribution < -0.4 is 15.0 Å². The van der Waals surface area contributed by atoms with Gasteiger partial charge >= 0.3 is 12.0 Å². The highest BCUT2D eigenvalue weighted by molar-refractivity contribution is 5.97. The number of rotatable bonds is 8. The summed E-state index contributed by atoms with van der Waals surface area (Å²) in [5.41, 5.74) is 3.57. The van der Waals surface area contributed by atoms with Gasteiger partial charge in [0.1, 0.15) is 11.6 Å². The van der Waals surface area contributed by atoms with Crippen LogP contribution in [0.1, 0.15) is 42.1 Å². The van der Waals surface area contributed by atoms with E-state index < -0.39 is 12.0 Å². The Morgan fingerprint density at radius 2 is 2.08 bits per heavy atom. The van der Waals surface area contributed by atoms with Crippen LogP contribution >= 0.6 is 0 Å². The molecule has 0 radical (unpaired) electrons. The van der Waals surface area contributed by atoms with Crippen LogP contribution in [0.25, 0.3) is 0 Å². The molecule has 0 unspecified atom stereocenters. The Bertz CT molecular complexity index is 1190. The highest BCUT2D eigenvalue weighted by atomic mass is 16.5. The van der Waals surface area contributed by atoms with Gasteiger partial charge in [-0.1, -0.05) is 12.1 Å². The SMILES string of the molecule is CN1C(=O)COc2cc([C@H](CC(=O)O)N3CCN(CCCc4ccc5c(n4)NCCC5)C3=O)ccc21. The normalized spacial score (nSPS) is 17.9. The molecule has 0 saturated carbocycles. The van der Waals surface area contributed by atoms with Crippen molar-refractivity contribution in [3.8, 4) is 5.75 Å². The molecule has 0 spiro atoms. The zero-order valence-electron chi connectivity index (χ0n) is 20.4. The molecule has 10 nitrogen and oxygen atoms in total. The number of carbonyl (C=O) groups is 3. The third kappa shape index (κ3) is 4.80. The Balaban J connectivity index is 1.24. The van der Waals surface area contributed by atoms with Crippen molar-refractivity contribution in [3.63, 3.8) is 0 Å². The number of aryl methyl sites for hydroxylation is 2. The summed E-state index contributed by atoms with van der Waals surface area (Å²) in [7, 11) is 1.68. The highest BCUT2D eigenvalue weighted by Gasteiger charge is 2.36. The predicted molar refractivity (Wildman–Crippen MR) is 133 cm³/mol. The number of nitrogens with zero attached hydrogens (tertiary/aromatic N) is 4. The fourth-order valence-electron chi connectivity index (χ4n) is 5.13. The van der Waals surface area contributed by atoms with E-state index in [1.807, 2.05) is 0 Å². The number of urea groups is 1. The van der Waals surface area contributed by atoms with Gasteiger partial charge in [-0.25, -0.2) is 9.78 Å². The van der Waals surface area contributed by atoms with Crippen molar-refractivity contribution in [3.05, 3.63) is 47.2 Å². The number of anilines is 2. The second-order valence-electron chi connectivity index (χ2n) is 9.49. The number of likely N-dealkylation sites (N-methyl/N-ethyl adjacent to an activating group) is 1. The summed E-state index contributed by atoms with van der Waals surface area (Å²) in [5.74, 6) is 0.359. The topological polar surface area (TPSA) is 115 Å². The molecule has 3 amide bonds. The van der Waals surface area contributed by atoms with E-state index in [1.54, 1.807) is 35.0 Å². The summed E-state index contributed by atoms with van der Waals surface area (Å²) >= 11 is 0. The van der Waals surface area contributed by atoms with Crippen molar-refractivity contribution in [2.75, 3.05) is 50.1 Å². The lowest BCUT2D eigenvalue weighted by Gasteiger charge is -2.30. The molecule has 1 atom stereocenters. The van der Waals surface area contributed by atoms with E-state index in [0.717, 1.165) is 43.7 Å². The van der Waals surface area contributed by atoms with Gasteiger partial charge in [0.15, 0.2) is 6.61 Å². The minimum absolute atomic E-state index is 0.0673. The number of carbonyl (C=O) groups excluding carboxylic acids is 2. The number of carboxylic acids is 1. The van der Waals surface area contributed by atoms with Crippen molar-refractivity contribution in [2.45, 2.75) is 38.1 Å². The molecule has 2 aromatic rings. The number of amides is 3. The molecular formula is C26H31N5O5. The van der Waals surface area contributed by atoms with Gasteiger partial charge in [0.2, 0.25) is 0 Å². The number of nitrogens with one attached hydrogen (secondary N) is 1. The summed E-state index contributed by atoms with van der Waals surface area (Å²) in [5, 5.41) is 12.9. The number of aromatic nitrogens is 1. The molecule has 1 saturated heterocycles.